The molecule has 0 atom stereocenters. The molecule has 4 nitrogen and oxygen atoms in total. The topological polar surface area (TPSA) is 16.3 Å². The van der Waals surface area contributed by atoms with Crippen LogP contribution in [0.2, 0.25) is 0 Å². The number of benzene rings is 10. The predicted octanol–water partition coefficient (Wildman–Crippen LogP) is 17.7. The minimum atomic E-state index is 1.11. The van der Waals surface area contributed by atoms with E-state index in [1.165, 1.54) is 77.0 Å². The second-order valence-electron chi connectivity index (χ2n) is 18.2. The number of aryl methyl sites for hydroxylation is 4. The minimum Gasteiger partial charge on any atom is -0.311 e. The first-order chi connectivity index (χ1) is 33.3. The van der Waals surface area contributed by atoms with Crippen LogP contribution in [-0.2, 0) is 0 Å². The van der Waals surface area contributed by atoms with E-state index < -0.39 is 0 Å². The average Bonchev–Trinajstić information content (AvgIpc) is 3.89. The van der Waals surface area contributed by atoms with E-state index in [4.69, 9.17) is 0 Å². The van der Waals surface area contributed by atoms with Gasteiger partial charge in [0.25, 0.3) is 0 Å². The molecule has 0 radical (unpaired) electrons. The summed E-state index contributed by atoms with van der Waals surface area (Å²) in [5.74, 6) is 0. The van der Waals surface area contributed by atoms with Crippen molar-refractivity contribution in [3.05, 3.63) is 253 Å². The van der Waals surface area contributed by atoms with Gasteiger partial charge < -0.3 is 18.9 Å². The quantitative estimate of drug-likeness (QED) is 0.144. The Balaban J connectivity index is 0.932. The van der Waals surface area contributed by atoms with Crippen molar-refractivity contribution in [2.24, 2.45) is 0 Å². The van der Waals surface area contributed by atoms with E-state index >= 15 is 0 Å². The fourth-order valence-electron chi connectivity index (χ4n) is 10.0. The van der Waals surface area contributed by atoms with Crippen molar-refractivity contribution in [2.75, 3.05) is 9.80 Å². The smallest absolute Gasteiger partial charge is 0.0547 e. The molecule has 12 rings (SSSR count). The lowest BCUT2D eigenvalue weighted by Crippen LogP contribution is -2.10. The fourth-order valence-corrected chi connectivity index (χ4v) is 10.0. The molecule has 0 saturated heterocycles. The number of para-hydroxylation sites is 2. The van der Waals surface area contributed by atoms with Crippen LogP contribution in [0.5, 0.6) is 0 Å². The molecule has 4 heteroatoms. The third-order valence-corrected chi connectivity index (χ3v) is 13.6. The van der Waals surface area contributed by atoms with Crippen LogP contribution in [0.3, 0.4) is 0 Å². The van der Waals surface area contributed by atoms with Gasteiger partial charge in [-0.2, -0.15) is 0 Å². The van der Waals surface area contributed by atoms with Gasteiger partial charge in [0.15, 0.2) is 0 Å². The second kappa shape index (κ2) is 16.7. The largest absolute Gasteiger partial charge is 0.311 e. The molecule has 0 N–H and O–H groups in total. The molecule has 0 aliphatic carbocycles. The van der Waals surface area contributed by atoms with Crippen LogP contribution in [-0.4, -0.2) is 9.13 Å². The molecule has 0 bridgehead atoms. The Morgan fingerprint density at radius 2 is 0.559 bits per heavy atom. The van der Waals surface area contributed by atoms with Gasteiger partial charge >= 0.3 is 0 Å². The van der Waals surface area contributed by atoms with Crippen LogP contribution >= 0.6 is 0 Å². The summed E-state index contributed by atoms with van der Waals surface area (Å²) in [5.41, 5.74) is 21.1. The van der Waals surface area contributed by atoms with Gasteiger partial charge in [-0.25, -0.2) is 0 Å². The highest BCUT2D eigenvalue weighted by Crippen LogP contribution is 2.41. The van der Waals surface area contributed by atoms with Crippen LogP contribution in [0.25, 0.3) is 66.1 Å². The molecule has 2 aromatic heterocycles. The lowest BCUT2D eigenvalue weighted by molar-refractivity contribution is 1.17. The summed E-state index contributed by atoms with van der Waals surface area (Å²) in [4.78, 5) is 4.67. The third-order valence-electron chi connectivity index (χ3n) is 13.6. The number of anilines is 6. The van der Waals surface area contributed by atoms with Crippen LogP contribution in [0, 0.1) is 27.7 Å². The minimum absolute atomic E-state index is 1.11. The van der Waals surface area contributed by atoms with E-state index in [9.17, 15) is 0 Å². The Kier molecular flexibility index (Phi) is 10.0. The summed E-state index contributed by atoms with van der Waals surface area (Å²) in [7, 11) is 0. The van der Waals surface area contributed by atoms with Crippen LogP contribution in [0.1, 0.15) is 22.3 Å². The highest BCUT2D eigenvalue weighted by Gasteiger charge is 2.19. The van der Waals surface area contributed by atoms with E-state index in [1.807, 2.05) is 0 Å². The van der Waals surface area contributed by atoms with Gasteiger partial charge in [0, 0.05) is 67.0 Å². The number of hydrogen-bond donors (Lipinski definition) is 0. The number of rotatable bonds is 9. The Hall–Kier alpha value is -8.60. The van der Waals surface area contributed by atoms with Crippen molar-refractivity contribution in [1.82, 2.24) is 9.13 Å². The Labute approximate surface area is 397 Å². The summed E-state index contributed by atoms with van der Waals surface area (Å²) in [6, 6.07) is 84.6. The van der Waals surface area contributed by atoms with Crippen molar-refractivity contribution in [1.29, 1.82) is 0 Å². The van der Waals surface area contributed by atoms with Crippen molar-refractivity contribution < 1.29 is 0 Å². The van der Waals surface area contributed by atoms with E-state index in [0.29, 0.717) is 0 Å². The van der Waals surface area contributed by atoms with Crippen LogP contribution in [0.15, 0.2) is 231 Å². The van der Waals surface area contributed by atoms with Crippen molar-refractivity contribution in [2.45, 2.75) is 27.7 Å². The number of fused-ring (bicyclic) bond motifs is 6. The molecule has 0 aliphatic rings. The first-order valence-electron chi connectivity index (χ1n) is 23.5. The lowest BCUT2D eigenvalue weighted by atomic mass is 10.0. The van der Waals surface area contributed by atoms with Gasteiger partial charge in [-0.1, -0.05) is 125 Å². The molecular formula is C64H50N4. The lowest BCUT2D eigenvalue weighted by Gasteiger charge is -2.26. The molecule has 0 spiro atoms. The number of nitrogens with zero attached hydrogens (tertiary/aromatic N) is 4. The van der Waals surface area contributed by atoms with Gasteiger partial charge in [-0.15, -0.1) is 0 Å². The molecule has 12 aromatic rings. The first-order valence-corrected chi connectivity index (χ1v) is 23.5. The molecule has 326 valence electrons. The van der Waals surface area contributed by atoms with Gasteiger partial charge in [-0.05, 0) is 166 Å². The van der Waals surface area contributed by atoms with Crippen molar-refractivity contribution in [3.8, 4) is 22.5 Å². The standard InChI is InChI=1S/C64H50N4/c1-43-13-23-49(24-14-43)65(50-25-15-44(2)16-26-50)53-31-35-55(36-32-53)67-62-12-8-6-10-58(62)60-41-47(22-40-63(60)67)48-21-39-59-57-9-5-7-11-61(57)68(64(59)42-48)56-37-33-54(34-38-56)66(51-27-17-45(3)18-28-51)52-29-19-46(4)20-30-52/h5-42H,1-4H3. The third kappa shape index (κ3) is 7.19. The second-order valence-corrected chi connectivity index (χ2v) is 18.2. The molecule has 0 aliphatic heterocycles. The van der Waals surface area contributed by atoms with Crippen LogP contribution < -0.4 is 9.80 Å². The molecule has 2 heterocycles. The van der Waals surface area contributed by atoms with Gasteiger partial charge in [0.2, 0.25) is 0 Å². The maximum absolute atomic E-state index is 2.42. The van der Waals surface area contributed by atoms with E-state index in [0.717, 1.165) is 45.5 Å². The summed E-state index contributed by atoms with van der Waals surface area (Å²) in [6.07, 6.45) is 0. The normalized spacial score (nSPS) is 11.5. The van der Waals surface area contributed by atoms with Crippen molar-refractivity contribution in [3.63, 3.8) is 0 Å². The monoisotopic (exact) mass is 874 g/mol. The molecule has 10 aromatic carbocycles. The van der Waals surface area contributed by atoms with E-state index in [1.54, 1.807) is 0 Å². The molecule has 0 fully saturated rings. The molecule has 68 heavy (non-hydrogen) atoms. The van der Waals surface area contributed by atoms with Crippen LogP contribution in [0.4, 0.5) is 34.1 Å². The highest BCUT2D eigenvalue weighted by atomic mass is 15.1. The maximum Gasteiger partial charge on any atom is 0.0547 e. The molecule has 0 saturated carbocycles. The van der Waals surface area contributed by atoms with Crippen molar-refractivity contribution >= 4 is 77.7 Å². The molecule has 0 amide bonds. The fraction of sp³-hybridized carbons (Fsp3) is 0.0625. The summed E-state index contributed by atoms with van der Waals surface area (Å²) in [5, 5.41) is 4.93. The summed E-state index contributed by atoms with van der Waals surface area (Å²) >= 11 is 0. The molecule has 0 unspecified atom stereocenters. The Bertz CT molecular complexity index is 3690. The first kappa shape index (κ1) is 40.9. The highest BCUT2D eigenvalue weighted by molar-refractivity contribution is 6.12. The van der Waals surface area contributed by atoms with E-state index in [-0.39, 0.29) is 0 Å². The molecular weight excluding hydrogens is 825 g/mol. The number of aromatic nitrogens is 2. The Morgan fingerprint density at radius 3 is 0.985 bits per heavy atom. The van der Waals surface area contributed by atoms with E-state index in [2.05, 4.69) is 277 Å². The summed E-state index contributed by atoms with van der Waals surface area (Å²) in [6.45, 7) is 8.54. The predicted molar refractivity (Wildman–Crippen MR) is 289 cm³/mol. The zero-order valence-corrected chi connectivity index (χ0v) is 38.7. The zero-order chi connectivity index (χ0) is 45.9. The summed E-state index contributed by atoms with van der Waals surface area (Å²) < 4.78 is 4.83. The van der Waals surface area contributed by atoms with Gasteiger partial charge in [0.05, 0.1) is 22.1 Å². The Morgan fingerprint density at radius 1 is 0.250 bits per heavy atom. The number of hydrogen-bond acceptors (Lipinski definition) is 2. The average molecular weight is 875 g/mol. The van der Waals surface area contributed by atoms with Gasteiger partial charge in [-0.3, -0.25) is 0 Å². The zero-order valence-electron chi connectivity index (χ0n) is 38.7. The maximum atomic E-state index is 2.42. The van der Waals surface area contributed by atoms with Gasteiger partial charge in [0.1, 0.15) is 0 Å². The SMILES string of the molecule is Cc1ccc(N(c2ccc(C)cc2)c2ccc(-n3c4ccccc4c4cc(-c5ccc6c7ccccc7n(-c7ccc(N(c8ccc(C)cc8)c8ccc(C)cc8)cc7)c6c5)ccc43)cc2)cc1.